The van der Waals surface area contributed by atoms with E-state index < -0.39 is 0 Å². The van der Waals surface area contributed by atoms with Crippen molar-refractivity contribution in [2.45, 2.75) is 0 Å². The van der Waals surface area contributed by atoms with Crippen LogP contribution in [0.1, 0.15) is 5.56 Å². The number of hydrogen-bond acceptors (Lipinski definition) is 7. The number of hydrogen-bond donors (Lipinski definition) is 0. The van der Waals surface area contributed by atoms with E-state index in [9.17, 15) is 5.26 Å². The van der Waals surface area contributed by atoms with Crippen LogP contribution in [-0.2, 0) is 0 Å². The van der Waals surface area contributed by atoms with Gasteiger partial charge in [-0.25, -0.2) is 9.97 Å². The Morgan fingerprint density at radius 1 is 0.282 bits per heavy atom. The van der Waals surface area contributed by atoms with Crippen molar-refractivity contribution in [3.05, 3.63) is 242 Å². The summed E-state index contributed by atoms with van der Waals surface area (Å²) >= 11 is 0. The quantitative estimate of drug-likeness (QED) is 0.157. The molecule has 0 spiro atoms. The lowest BCUT2D eigenvalue weighted by Crippen LogP contribution is -2.05. The molecule has 0 saturated carbocycles. The van der Waals surface area contributed by atoms with Crippen LogP contribution in [0.5, 0.6) is 0 Å². The van der Waals surface area contributed by atoms with Gasteiger partial charge in [-0.2, -0.15) is 5.26 Å². The molecule has 0 aliphatic heterocycles. The van der Waals surface area contributed by atoms with Gasteiger partial charge in [0.2, 0.25) is 0 Å². The molecule has 11 aromatic carbocycles. The first-order chi connectivity index (χ1) is 38.7. The van der Waals surface area contributed by atoms with E-state index in [-0.39, 0.29) is 0 Å². The van der Waals surface area contributed by atoms with E-state index >= 15 is 0 Å². The first-order valence-electron chi connectivity index (χ1n) is 25.9. The molecule has 0 amide bonds. The van der Waals surface area contributed by atoms with Gasteiger partial charge >= 0.3 is 0 Å². The molecule has 5 aromatic heterocycles. The lowest BCUT2D eigenvalue weighted by Gasteiger charge is -2.26. The monoisotopic (exact) mass is 997 g/mol. The molecule has 0 aliphatic rings. The average Bonchev–Trinajstić information content (AvgIpc) is 4.40. The smallest absolute Gasteiger partial charge is 0.160 e. The Morgan fingerprint density at radius 3 is 1.01 bits per heavy atom. The molecule has 0 atom stereocenters. The molecule has 16 aromatic rings. The van der Waals surface area contributed by atoms with Crippen molar-refractivity contribution >= 4 is 87.8 Å². The summed E-state index contributed by atoms with van der Waals surface area (Å²) in [5.41, 5.74) is 15.4. The van der Waals surface area contributed by atoms with Gasteiger partial charge in [-0.1, -0.05) is 206 Å². The zero-order valence-electron chi connectivity index (χ0n) is 41.5. The van der Waals surface area contributed by atoms with Crippen LogP contribution in [0.15, 0.2) is 254 Å². The Labute approximate surface area is 445 Å². The van der Waals surface area contributed by atoms with Crippen molar-refractivity contribution in [3.63, 3.8) is 0 Å². The maximum atomic E-state index is 12.6. The number of rotatable bonds is 7. The normalized spacial score (nSPS) is 11.8. The third-order valence-electron chi connectivity index (χ3n) is 15.4. The molecular formula is C71H39N3O4. The highest BCUT2D eigenvalue weighted by Crippen LogP contribution is 2.57. The molecule has 0 bridgehead atoms. The van der Waals surface area contributed by atoms with Crippen LogP contribution >= 0.6 is 0 Å². The Morgan fingerprint density at radius 2 is 0.603 bits per heavy atom. The molecule has 7 nitrogen and oxygen atoms in total. The minimum atomic E-state index is 0.385. The fourth-order valence-electron chi connectivity index (χ4n) is 12.0. The predicted molar refractivity (Wildman–Crippen MR) is 314 cm³/mol. The molecule has 5 heterocycles. The minimum absolute atomic E-state index is 0.385. The first kappa shape index (κ1) is 43.6. The number of benzene rings is 11. The third-order valence-corrected chi connectivity index (χ3v) is 15.4. The van der Waals surface area contributed by atoms with Crippen molar-refractivity contribution in [3.8, 4) is 84.5 Å². The van der Waals surface area contributed by atoms with Gasteiger partial charge in [-0.05, 0) is 30.3 Å². The summed E-state index contributed by atoms with van der Waals surface area (Å²) in [6.45, 7) is 0. The maximum Gasteiger partial charge on any atom is 0.160 e. The predicted octanol–water partition coefficient (Wildman–Crippen LogP) is 19.6. The van der Waals surface area contributed by atoms with E-state index in [0.717, 1.165) is 104 Å². The second-order valence-electron chi connectivity index (χ2n) is 19.7. The molecule has 78 heavy (non-hydrogen) atoms. The molecule has 7 heteroatoms. The molecule has 362 valence electrons. The first-order valence-corrected chi connectivity index (χ1v) is 25.9. The highest BCUT2D eigenvalue weighted by atomic mass is 16.3. The topological polar surface area (TPSA) is 102 Å². The number of nitrogens with zero attached hydrogens (tertiary/aromatic N) is 3. The lowest BCUT2D eigenvalue weighted by molar-refractivity contribution is 0.669. The van der Waals surface area contributed by atoms with Crippen molar-refractivity contribution in [1.29, 1.82) is 5.26 Å². The van der Waals surface area contributed by atoms with Crippen LogP contribution in [0, 0.1) is 11.3 Å². The summed E-state index contributed by atoms with van der Waals surface area (Å²) in [6, 6.07) is 82.8. The van der Waals surface area contributed by atoms with E-state index in [4.69, 9.17) is 27.6 Å². The van der Waals surface area contributed by atoms with E-state index in [1.165, 1.54) is 0 Å². The fourth-order valence-corrected chi connectivity index (χ4v) is 12.0. The van der Waals surface area contributed by atoms with Gasteiger partial charge in [0.1, 0.15) is 50.7 Å². The summed E-state index contributed by atoms with van der Waals surface area (Å²) in [5, 5.41) is 20.2. The lowest BCUT2D eigenvalue weighted by atomic mass is 9.76. The summed E-state index contributed by atoms with van der Waals surface area (Å²) in [4.78, 5) is 11.0. The van der Waals surface area contributed by atoms with Crippen molar-refractivity contribution in [2.24, 2.45) is 0 Å². The summed E-state index contributed by atoms with van der Waals surface area (Å²) in [7, 11) is 0. The van der Waals surface area contributed by atoms with Crippen molar-refractivity contribution in [2.75, 3.05) is 0 Å². The molecular weight excluding hydrogens is 959 g/mol. The van der Waals surface area contributed by atoms with Gasteiger partial charge in [-0.15, -0.1) is 0 Å². The number of nitriles is 1. The van der Waals surface area contributed by atoms with Gasteiger partial charge in [-0.3, -0.25) is 0 Å². The fraction of sp³-hybridized carbons (Fsp3) is 0. The summed E-state index contributed by atoms with van der Waals surface area (Å²) < 4.78 is 28.3. The summed E-state index contributed by atoms with van der Waals surface area (Å²) in [5.74, 6) is 0.517. The molecule has 0 N–H and O–H groups in total. The Bertz CT molecular complexity index is 5110. The van der Waals surface area contributed by atoms with E-state index in [1.54, 1.807) is 0 Å². The zero-order chi connectivity index (χ0) is 51.4. The molecule has 0 radical (unpaired) electrons. The van der Waals surface area contributed by atoms with E-state index in [2.05, 4.69) is 121 Å². The van der Waals surface area contributed by atoms with Crippen LogP contribution in [0.3, 0.4) is 0 Å². The second kappa shape index (κ2) is 17.1. The number of aromatic nitrogens is 2. The van der Waals surface area contributed by atoms with Crippen molar-refractivity contribution in [1.82, 2.24) is 9.97 Å². The molecule has 16 rings (SSSR count). The van der Waals surface area contributed by atoms with Crippen LogP contribution in [0.25, 0.3) is 166 Å². The zero-order valence-corrected chi connectivity index (χ0v) is 41.5. The molecule has 0 aliphatic carbocycles. The summed E-state index contributed by atoms with van der Waals surface area (Å²) in [6.07, 6.45) is 0. The average molecular weight is 998 g/mol. The third kappa shape index (κ3) is 6.51. The van der Waals surface area contributed by atoms with Crippen LogP contribution in [0.2, 0.25) is 0 Å². The van der Waals surface area contributed by atoms with E-state index in [0.29, 0.717) is 67.4 Å². The Kier molecular flexibility index (Phi) is 9.56. The second-order valence-corrected chi connectivity index (χ2v) is 19.7. The number of para-hydroxylation sites is 8. The SMILES string of the molecule is N#Cc1c(-c2cccc3c2oc2ccccc23)c(-c2cc(-c3ccccc3)nc(-c3ccccc3)n2)c(-c2cccc3c2oc2ccccc23)c(-c2cccc3c2oc2ccccc23)c1-c1cccc2c1oc1ccccc12. The molecule has 0 fully saturated rings. The largest absolute Gasteiger partial charge is 0.455 e. The van der Waals surface area contributed by atoms with Gasteiger partial charge in [0.15, 0.2) is 5.82 Å². The Hall–Kier alpha value is -10.8. The maximum absolute atomic E-state index is 12.6. The van der Waals surface area contributed by atoms with Crippen molar-refractivity contribution < 1.29 is 17.7 Å². The minimum Gasteiger partial charge on any atom is -0.455 e. The van der Waals surface area contributed by atoms with Crippen LogP contribution in [-0.4, -0.2) is 9.97 Å². The Balaban J connectivity index is 1.21. The highest BCUT2D eigenvalue weighted by molar-refractivity contribution is 6.23. The molecule has 0 saturated heterocycles. The van der Waals surface area contributed by atoms with Gasteiger partial charge in [0.25, 0.3) is 0 Å². The van der Waals surface area contributed by atoms with Gasteiger partial charge in [0.05, 0.1) is 17.0 Å². The highest BCUT2D eigenvalue weighted by Gasteiger charge is 2.35. The van der Waals surface area contributed by atoms with E-state index in [1.807, 2.05) is 121 Å². The van der Waals surface area contributed by atoms with Crippen LogP contribution < -0.4 is 0 Å². The van der Waals surface area contributed by atoms with Crippen LogP contribution in [0.4, 0.5) is 0 Å². The standard InChI is InChI=1S/C71H39N3O4/c72-40-55-62(51-31-15-27-47-43-23-7-11-35-58(43)75-67(47)51)64(53-33-17-29-49-45-25-9-13-37-60(45)77-69(49)53)65(54-34-18-30-50-46-26-10-14-38-61(46)78-70(50)54)66(63(55)52-32-16-28-48-44-24-8-12-36-59(44)76-68(48)52)57-39-56(41-19-3-1-4-20-41)73-71(74-57)42-21-5-2-6-22-42/h1-39H. The number of fused-ring (bicyclic) bond motifs is 12. The molecule has 0 unspecified atom stereocenters. The number of furan rings is 4. The van der Waals surface area contributed by atoms with Gasteiger partial charge < -0.3 is 17.7 Å². The van der Waals surface area contributed by atoms with Gasteiger partial charge in [0, 0.05) is 104 Å².